The number of aromatic nitrogens is 1. The summed E-state index contributed by atoms with van der Waals surface area (Å²) in [6, 6.07) is 26.9. The molecule has 0 spiro atoms. The molecule has 0 saturated carbocycles. The molecule has 1 heterocycles. The highest BCUT2D eigenvalue weighted by Gasteiger charge is 2.08. The number of benzene rings is 3. The highest BCUT2D eigenvalue weighted by molar-refractivity contribution is 5.84. The summed E-state index contributed by atoms with van der Waals surface area (Å²) < 4.78 is 7.93. The molecule has 0 saturated heterocycles. The van der Waals surface area contributed by atoms with E-state index in [0.717, 1.165) is 41.0 Å². The zero-order valence-electron chi connectivity index (χ0n) is 20.0. The quantitative estimate of drug-likeness (QED) is 0.176. The molecule has 0 aliphatic rings. The van der Waals surface area contributed by atoms with Crippen molar-refractivity contribution in [3.8, 4) is 40.6 Å². The minimum absolute atomic E-state index is 0.769. The fraction of sp³-hybridized carbons (Fsp3) is 0.219. The fourth-order valence-corrected chi connectivity index (χ4v) is 3.93. The van der Waals surface area contributed by atoms with E-state index in [4.69, 9.17) is 4.74 Å². The van der Waals surface area contributed by atoms with Gasteiger partial charge in [-0.3, -0.25) is 0 Å². The van der Waals surface area contributed by atoms with Crippen molar-refractivity contribution in [3.05, 3.63) is 96.2 Å². The van der Waals surface area contributed by atoms with E-state index in [-0.39, 0.29) is 0 Å². The number of hydrogen-bond acceptors (Lipinski definition) is 1. The number of aryl methyl sites for hydroxylation is 1. The lowest BCUT2D eigenvalue weighted by Gasteiger charge is -2.06. The zero-order chi connectivity index (χ0) is 23.6. The first-order valence-corrected chi connectivity index (χ1v) is 12.0. The molecule has 4 rings (SSSR count). The number of nitrogens with zero attached hydrogens (tertiary/aromatic N) is 1. The summed E-state index contributed by atoms with van der Waals surface area (Å²) in [5.41, 5.74) is 5.38. The third-order valence-corrected chi connectivity index (χ3v) is 5.82. The Morgan fingerprint density at radius 2 is 1.62 bits per heavy atom. The maximum absolute atomic E-state index is 5.80. The molecule has 0 unspecified atom stereocenters. The van der Waals surface area contributed by atoms with Gasteiger partial charge in [0.1, 0.15) is 12.8 Å². The summed E-state index contributed by atoms with van der Waals surface area (Å²) in [5, 5.41) is 1.21. The van der Waals surface area contributed by atoms with Crippen LogP contribution in [-0.2, 0) is 7.05 Å². The van der Waals surface area contributed by atoms with E-state index in [1.165, 1.54) is 30.2 Å². The van der Waals surface area contributed by atoms with Crippen molar-refractivity contribution in [2.24, 2.45) is 7.05 Å². The molecule has 34 heavy (non-hydrogen) atoms. The molecule has 0 aliphatic heterocycles. The fourth-order valence-electron chi connectivity index (χ4n) is 3.93. The van der Waals surface area contributed by atoms with E-state index in [2.05, 4.69) is 90.9 Å². The summed E-state index contributed by atoms with van der Waals surface area (Å²) in [5.74, 6) is 13.3. The third-order valence-electron chi connectivity index (χ3n) is 5.82. The molecular weight excluding hydrogens is 414 g/mol. The highest BCUT2D eigenvalue weighted by Crippen LogP contribution is 2.26. The van der Waals surface area contributed by atoms with Crippen LogP contribution in [0.3, 0.4) is 0 Å². The lowest BCUT2D eigenvalue weighted by atomic mass is 9.98. The van der Waals surface area contributed by atoms with Gasteiger partial charge in [-0.05, 0) is 77.9 Å². The van der Waals surface area contributed by atoms with Crippen molar-refractivity contribution in [1.82, 2.24) is 0 Å². The Morgan fingerprint density at radius 1 is 0.794 bits per heavy atom. The standard InChI is InChI=1S/C32H30NO/c1-3-4-5-10-24-34-30-20-17-26(18-21-30)12-6-7-13-27-14-8-9-16-31(27)28-19-22-32-29(25-28)15-11-23-33(32)2/h8-9,11,14-23,25H,3-5,10,24H2,1-2H3/q+1. The van der Waals surface area contributed by atoms with E-state index in [9.17, 15) is 0 Å². The van der Waals surface area contributed by atoms with Crippen LogP contribution >= 0.6 is 0 Å². The van der Waals surface area contributed by atoms with E-state index in [0.29, 0.717) is 0 Å². The van der Waals surface area contributed by atoms with Gasteiger partial charge in [0.25, 0.3) is 0 Å². The van der Waals surface area contributed by atoms with Gasteiger partial charge < -0.3 is 4.74 Å². The van der Waals surface area contributed by atoms with Crippen molar-refractivity contribution in [2.45, 2.75) is 32.6 Å². The van der Waals surface area contributed by atoms with Crippen molar-refractivity contribution in [1.29, 1.82) is 0 Å². The van der Waals surface area contributed by atoms with Crippen LogP contribution in [-0.4, -0.2) is 6.61 Å². The Bertz CT molecular complexity index is 1380. The van der Waals surface area contributed by atoms with Crippen LogP contribution in [0.5, 0.6) is 5.75 Å². The average molecular weight is 445 g/mol. The number of unbranched alkanes of at least 4 members (excludes halogenated alkanes) is 3. The van der Waals surface area contributed by atoms with Crippen molar-refractivity contribution in [2.75, 3.05) is 6.61 Å². The Balaban J connectivity index is 1.45. The van der Waals surface area contributed by atoms with E-state index in [1.807, 2.05) is 36.4 Å². The number of fused-ring (bicyclic) bond motifs is 1. The second-order valence-corrected chi connectivity index (χ2v) is 8.37. The monoisotopic (exact) mass is 444 g/mol. The largest absolute Gasteiger partial charge is 0.494 e. The van der Waals surface area contributed by atoms with Gasteiger partial charge in [-0.2, -0.15) is 0 Å². The lowest BCUT2D eigenvalue weighted by Crippen LogP contribution is -2.27. The molecule has 0 atom stereocenters. The maximum atomic E-state index is 5.80. The first kappa shape index (κ1) is 23.2. The number of pyridine rings is 1. The number of hydrogen-bond donors (Lipinski definition) is 0. The minimum atomic E-state index is 0.769. The molecule has 0 radical (unpaired) electrons. The highest BCUT2D eigenvalue weighted by atomic mass is 16.5. The zero-order valence-corrected chi connectivity index (χ0v) is 20.0. The molecule has 0 fully saturated rings. The Hall–Kier alpha value is -4.01. The van der Waals surface area contributed by atoms with Crippen LogP contribution in [0, 0.1) is 23.7 Å². The second-order valence-electron chi connectivity index (χ2n) is 8.37. The molecule has 0 aliphatic carbocycles. The van der Waals surface area contributed by atoms with Crippen LogP contribution in [0.4, 0.5) is 0 Å². The van der Waals surface area contributed by atoms with Crippen molar-refractivity contribution >= 4 is 10.9 Å². The van der Waals surface area contributed by atoms with Crippen LogP contribution in [0.2, 0.25) is 0 Å². The molecule has 168 valence electrons. The summed E-state index contributed by atoms with van der Waals surface area (Å²) in [6.07, 6.45) is 6.90. The van der Waals surface area contributed by atoms with Gasteiger partial charge in [-0.15, -0.1) is 0 Å². The van der Waals surface area contributed by atoms with Crippen molar-refractivity contribution < 1.29 is 9.30 Å². The molecule has 2 nitrogen and oxygen atoms in total. The smallest absolute Gasteiger partial charge is 0.212 e. The predicted molar refractivity (Wildman–Crippen MR) is 140 cm³/mol. The van der Waals surface area contributed by atoms with E-state index in [1.54, 1.807) is 0 Å². The van der Waals surface area contributed by atoms with E-state index >= 15 is 0 Å². The Labute approximate surface area is 203 Å². The SMILES string of the molecule is CCCCCCOc1ccc(C#CC#Cc2ccccc2-c2ccc3c(ccc[n+]3C)c2)cc1. The number of rotatable bonds is 7. The average Bonchev–Trinajstić information content (AvgIpc) is 2.87. The molecular formula is C32H30NO+. The van der Waals surface area contributed by atoms with Gasteiger partial charge in [-0.1, -0.05) is 56.2 Å². The topological polar surface area (TPSA) is 13.1 Å². The molecule has 0 amide bonds. The maximum Gasteiger partial charge on any atom is 0.212 e. The van der Waals surface area contributed by atoms with E-state index < -0.39 is 0 Å². The minimum Gasteiger partial charge on any atom is -0.494 e. The molecule has 0 bridgehead atoms. The first-order valence-electron chi connectivity index (χ1n) is 12.0. The van der Waals surface area contributed by atoms with Gasteiger partial charge in [0, 0.05) is 28.6 Å². The molecule has 0 N–H and O–H groups in total. The predicted octanol–water partition coefficient (Wildman–Crippen LogP) is 6.69. The summed E-state index contributed by atoms with van der Waals surface area (Å²) in [7, 11) is 2.06. The van der Waals surface area contributed by atoms with Gasteiger partial charge >= 0.3 is 0 Å². The second kappa shape index (κ2) is 11.7. The summed E-state index contributed by atoms with van der Waals surface area (Å²) in [4.78, 5) is 0. The third kappa shape index (κ3) is 6.06. The molecule has 3 aromatic carbocycles. The van der Waals surface area contributed by atoms with Crippen LogP contribution in [0.1, 0.15) is 43.7 Å². The summed E-state index contributed by atoms with van der Waals surface area (Å²) in [6.45, 7) is 2.99. The van der Waals surface area contributed by atoms with Crippen LogP contribution in [0.15, 0.2) is 85.1 Å². The Kier molecular flexibility index (Phi) is 7.99. The van der Waals surface area contributed by atoms with Crippen LogP contribution in [0.25, 0.3) is 22.0 Å². The van der Waals surface area contributed by atoms with Gasteiger partial charge in [0.15, 0.2) is 6.20 Å². The molecule has 1 aromatic heterocycles. The lowest BCUT2D eigenvalue weighted by molar-refractivity contribution is -0.644. The number of ether oxygens (including phenoxy) is 1. The van der Waals surface area contributed by atoms with Gasteiger partial charge in [0.2, 0.25) is 5.52 Å². The first-order chi connectivity index (χ1) is 16.7. The van der Waals surface area contributed by atoms with Gasteiger partial charge in [-0.25, -0.2) is 4.57 Å². The Morgan fingerprint density at radius 3 is 2.47 bits per heavy atom. The summed E-state index contributed by atoms with van der Waals surface area (Å²) >= 11 is 0. The van der Waals surface area contributed by atoms with Crippen LogP contribution < -0.4 is 9.30 Å². The normalized spacial score (nSPS) is 10.2. The van der Waals surface area contributed by atoms with Crippen molar-refractivity contribution in [3.63, 3.8) is 0 Å². The molecule has 2 heteroatoms. The molecule has 4 aromatic rings. The van der Waals surface area contributed by atoms with Gasteiger partial charge in [0.05, 0.1) is 6.61 Å².